The smallest absolute Gasteiger partial charge is 0.125 e. The average Bonchev–Trinajstić information content (AvgIpc) is 2.83. The van der Waals surface area contributed by atoms with Crippen LogP contribution in [0.3, 0.4) is 0 Å². The summed E-state index contributed by atoms with van der Waals surface area (Å²) in [5, 5.41) is 1.10. The molecule has 0 aliphatic carbocycles. The van der Waals surface area contributed by atoms with Gasteiger partial charge in [0, 0.05) is 22.8 Å². The van der Waals surface area contributed by atoms with Gasteiger partial charge in [0.1, 0.15) is 5.01 Å². The Balaban J connectivity index is 2.21. The van der Waals surface area contributed by atoms with Crippen LogP contribution in [-0.4, -0.2) is 16.5 Å². The Kier molecular flexibility index (Phi) is 3.18. The fourth-order valence-corrected chi connectivity index (χ4v) is 2.60. The number of H-pyrrole nitrogens is 1. The molecule has 80 valence electrons. The molecule has 0 unspecified atom stereocenters. The SMILES string of the molecule is Cc1nc(-c2cc[nH]c2)sc1CCCN. The summed E-state index contributed by atoms with van der Waals surface area (Å²) < 4.78 is 0. The lowest BCUT2D eigenvalue weighted by Crippen LogP contribution is -1.99. The van der Waals surface area contributed by atoms with Crippen LogP contribution in [0.15, 0.2) is 18.5 Å². The molecule has 0 atom stereocenters. The zero-order chi connectivity index (χ0) is 10.7. The molecular formula is C11H15N3S. The van der Waals surface area contributed by atoms with E-state index in [9.17, 15) is 0 Å². The van der Waals surface area contributed by atoms with Gasteiger partial charge in [-0.05, 0) is 32.4 Å². The summed E-state index contributed by atoms with van der Waals surface area (Å²) in [6, 6.07) is 2.05. The van der Waals surface area contributed by atoms with E-state index in [2.05, 4.69) is 16.9 Å². The molecule has 0 amide bonds. The third-order valence-electron chi connectivity index (χ3n) is 2.35. The molecule has 2 rings (SSSR count). The first kappa shape index (κ1) is 10.4. The van der Waals surface area contributed by atoms with Crippen LogP contribution in [0.5, 0.6) is 0 Å². The maximum Gasteiger partial charge on any atom is 0.125 e. The number of hydrogen-bond acceptors (Lipinski definition) is 3. The molecule has 0 aliphatic heterocycles. The molecule has 0 aliphatic rings. The van der Waals surface area contributed by atoms with Crippen LogP contribution in [0, 0.1) is 6.92 Å². The van der Waals surface area contributed by atoms with Crippen LogP contribution in [0.2, 0.25) is 0 Å². The van der Waals surface area contributed by atoms with Crippen molar-refractivity contribution in [3.8, 4) is 10.6 Å². The highest BCUT2D eigenvalue weighted by Crippen LogP contribution is 2.28. The van der Waals surface area contributed by atoms with Crippen LogP contribution < -0.4 is 5.73 Å². The van der Waals surface area contributed by atoms with Crippen molar-refractivity contribution in [1.82, 2.24) is 9.97 Å². The number of rotatable bonds is 4. The van der Waals surface area contributed by atoms with E-state index < -0.39 is 0 Å². The zero-order valence-corrected chi connectivity index (χ0v) is 9.60. The molecule has 0 saturated carbocycles. The highest BCUT2D eigenvalue weighted by molar-refractivity contribution is 7.15. The molecule has 3 N–H and O–H groups in total. The molecule has 0 fully saturated rings. The second-order valence-electron chi connectivity index (χ2n) is 3.52. The number of aromatic nitrogens is 2. The van der Waals surface area contributed by atoms with Gasteiger partial charge in [-0.3, -0.25) is 0 Å². The van der Waals surface area contributed by atoms with Gasteiger partial charge in [0.25, 0.3) is 0 Å². The Bertz CT molecular complexity index is 417. The Morgan fingerprint density at radius 2 is 2.40 bits per heavy atom. The van der Waals surface area contributed by atoms with Crippen LogP contribution in [-0.2, 0) is 6.42 Å². The molecule has 2 aromatic rings. The van der Waals surface area contributed by atoms with Gasteiger partial charge in [-0.15, -0.1) is 11.3 Å². The van der Waals surface area contributed by atoms with Gasteiger partial charge in [-0.2, -0.15) is 0 Å². The van der Waals surface area contributed by atoms with Crippen molar-refractivity contribution in [1.29, 1.82) is 0 Å². The number of hydrogen-bond donors (Lipinski definition) is 2. The minimum atomic E-state index is 0.747. The summed E-state index contributed by atoms with van der Waals surface area (Å²) in [7, 11) is 0. The number of aryl methyl sites for hydroxylation is 2. The van der Waals surface area contributed by atoms with E-state index in [0.29, 0.717) is 0 Å². The third-order valence-corrected chi connectivity index (χ3v) is 3.61. The molecule has 2 aromatic heterocycles. The summed E-state index contributed by atoms with van der Waals surface area (Å²) in [6.07, 6.45) is 5.98. The first-order chi connectivity index (χ1) is 7.31. The maximum absolute atomic E-state index is 5.51. The standard InChI is InChI=1S/C11H15N3S/c1-8-10(3-2-5-12)15-11(14-8)9-4-6-13-7-9/h4,6-7,13H,2-3,5,12H2,1H3. The number of nitrogens with zero attached hydrogens (tertiary/aromatic N) is 1. The maximum atomic E-state index is 5.51. The average molecular weight is 221 g/mol. The lowest BCUT2D eigenvalue weighted by atomic mass is 10.2. The van der Waals surface area contributed by atoms with Gasteiger partial charge in [0.15, 0.2) is 0 Å². The summed E-state index contributed by atoms with van der Waals surface area (Å²) in [4.78, 5) is 8.97. The minimum absolute atomic E-state index is 0.747. The lowest BCUT2D eigenvalue weighted by molar-refractivity contribution is 0.836. The van der Waals surface area contributed by atoms with E-state index in [1.54, 1.807) is 11.3 Å². The Labute approximate surface area is 93.4 Å². The van der Waals surface area contributed by atoms with Crippen LogP contribution in [0.4, 0.5) is 0 Å². The van der Waals surface area contributed by atoms with Crippen molar-refractivity contribution in [2.24, 2.45) is 5.73 Å². The Hall–Kier alpha value is -1.13. The van der Waals surface area contributed by atoms with Crippen molar-refractivity contribution in [2.75, 3.05) is 6.54 Å². The largest absolute Gasteiger partial charge is 0.367 e. The van der Waals surface area contributed by atoms with Crippen LogP contribution in [0.1, 0.15) is 17.0 Å². The van der Waals surface area contributed by atoms with E-state index in [0.717, 1.165) is 30.1 Å². The van der Waals surface area contributed by atoms with Gasteiger partial charge >= 0.3 is 0 Å². The highest BCUT2D eigenvalue weighted by Gasteiger charge is 2.08. The van der Waals surface area contributed by atoms with E-state index in [1.165, 1.54) is 10.4 Å². The van der Waals surface area contributed by atoms with Crippen molar-refractivity contribution in [3.05, 3.63) is 29.0 Å². The van der Waals surface area contributed by atoms with Crippen LogP contribution >= 0.6 is 11.3 Å². The zero-order valence-electron chi connectivity index (χ0n) is 8.79. The molecule has 0 aromatic carbocycles. The normalized spacial score (nSPS) is 10.8. The molecule has 15 heavy (non-hydrogen) atoms. The molecular weight excluding hydrogens is 206 g/mol. The Morgan fingerprint density at radius 3 is 3.07 bits per heavy atom. The number of aromatic amines is 1. The molecule has 3 nitrogen and oxygen atoms in total. The molecule has 4 heteroatoms. The quantitative estimate of drug-likeness (QED) is 0.832. The predicted octanol–water partition coefficient (Wildman–Crippen LogP) is 2.34. The monoisotopic (exact) mass is 221 g/mol. The van der Waals surface area contributed by atoms with Gasteiger partial charge in [0.05, 0.1) is 5.69 Å². The Morgan fingerprint density at radius 1 is 1.53 bits per heavy atom. The lowest BCUT2D eigenvalue weighted by Gasteiger charge is -1.94. The summed E-state index contributed by atoms with van der Waals surface area (Å²) in [6.45, 7) is 2.81. The topological polar surface area (TPSA) is 54.7 Å². The number of nitrogens with one attached hydrogen (secondary N) is 1. The minimum Gasteiger partial charge on any atom is -0.367 e. The van der Waals surface area contributed by atoms with Gasteiger partial charge < -0.3 is 10.7 Å². The van der Waals surface area contributed by atoms with Gasteiger partial charge in [-0.25, -0.2) is 4.98 Å². The van der Waals surface area contributed by atoms with E-state index in [-0.39, 0.29) is 0 Å². The molecule has 0 bridgehead atoms. The summed E-state index contributed by atoms with van der Waals surface area (Å²) in [5.41, 5.74) is 7.82. The predicted molar refractivity (Wildman–Crippen MR) is 64.0 cm³/mol. The van der Waals surface area contributed by atoms with Gasteiger partial charge in [-0.1, -0.05) is 0 Å². The van der Waals surface area contributed by atoms with Crippen molar-refractivity contribution >= 4 is 11.3 Å². The fourth-order valence-electron chi connectivity index (χ4n) is 1.50. The number of nitrogens with two attached hydrogens (primary N) is 1. The molecule has 0 spiro atoms. The van der Waals surface area contributed by atoms with Crippen molar-refractivity contribution in [2.45, 2.75) is 19.8 Å². The van der Waals surface area contributed by atoms with Crippen molar-refractivity contribution < 1.29 is 0 Å². The summed E-state index contributed by atoms with van der Waals surface area (Å²) in [5.74, 6) is 0. The molecule has 2 heterocycles. The number of thiazole rings is 1. The van der Waals surface area contributed by atoms with E-state index in [4.69, 9.17) is 5.73 Å². The van der Waals surface area contributed by atoms with E-state index in [1.807, 2.05) is 18.5 Å². The summed E-state index contributed by atoms with van der Waals surface area (Å²) >= 11 is 1.77. The second kappa shape index (κ2) is 4.59. The first-order valence-electron chi connectivity index (χ1n) is 5.11. The van der Waals surface area contributed by atoms with Gasteiger partial charge in [0.2, 0.25) is 0 Å². The molecule has 0 saturated heterocycles. The first-order valence-corrected chi connectivity index (χ1v) is 5.92. The fraction of sp³-hybridized carbons (Fsp3) is 0.364. The molecule has 0 radical (unpaired) electrons. The van der Waals surface area contributed by atoms with Crippen LogP contribution in [0.25, 0.3) is 10.6 Å². The third kappa shape index (κ3) is 2.27. The highest BCUT2D eigenvalue weighted by atomic mass is 32.1. The second-order valence-corrected chi connectivity index (χ2v) is 4.60. The van der Waals surface area contributed by atoms with Crippen molar-refractivity contribution in [3.63, 3.8) is 0 Å². The van der Waals surface area contributed by atoms with E-state index >= 15 is 0 Å².